The molecule has 4 heterocycles. The molecule has 1 amide bonds. The third-order valence-electron chi connectivity index (χ3n) is 10.00. The zero-order valence-electron chi connectivity index (χ0n) is 24.6. The van der Waals surface area contributed by atoms with Gasteiger partial charge in [0.15, 0.2) is 12.1 Å². The Morgan fingerprint density at radius 3 is 2.86 bits per heavy atom. The first kappa shape index (κ1) is 29.6. The number of benzene rings is 1. The van der Waals surface area contributed by atoms with E-state index in [0.717, 1.165) is 42.0 Å². The van der Waals surface area contributed by atoms with Crippen molar-refractivity contribution >= 4 is 23.5 Å². The number of rotatable bonds is 7. The maximum atomic E-state index is 14.5. The summed E-state index contributed by atoms with van der Waals surface area (Å²) in [6.07, 6.45) is 5.58. The molecule has 11 heteroatoms. The Bertz CT molecular complexity index is 1260. The van der Waals surface area contributed by atoms with Gasteiger partial charge in [0.05, 0.1) is 49.2 Å². The SMILES string of the molecule is C=CC(=O)N1CCN(C2NC(OCC3CCCN3C)NC3C(=O)[C@]4(CCC32)Cc2c(OC)cccc2S4)CC1CC#N. The first-order chi connectivity index (χ1) is 20.4. The Morgan fingerprint density at radius 1 is 1.26 bits per heavy atom. The highest BCUT2D eigenvalue weighted by Crippen LogP contribution is 2.54. The number of amides is 1. The van der Waals surface area contributed by atoms with Gasteiger partial charge >= 0.3 is 0 Å². The first-order valence-corrected chi connectivity index (χ1v) is 16.0. The smallest absolute Gasteiger partial charge is 0.246 e. The number of hydrogen-bond acceptors (Lipinski definition) is 10. The summed E-state index contributed by atoms with van der Waals surface area (Å²) in [7, 11) is 3.83. The quantitative estimate of drug-likeness (QED) is 0.455. The molecular weight excluding hydrogens is 552 g/mol. The summed E-state index contributed by atoms with van der Waals surface area (Å²) in [6, 6.07) is 8.10. The summed E-state index contributed by atoms with van der Waals surface area (Å²) in [6.45, 7) is 7.04. The fraction of sp³-hybridized carbons (Fsp3) is 0.645. The fourth-order valence-corrected chi connectivity index (χ4v) is 9.23. The van der Waals surface area contributed by atoms with E-state index in [1.807, 2.05) is 12.1 Å². The third kappa shape index (κ3) is 5.38. The summed E-state index contributed by atoms with van der Waals surface area (Å²) in [4.78, 5) is 34.7. The number of fused-ring (bicyclic) bond motifs is 2. The molecule has 5 aliphatic rings. The number of nitriles is 1. The van der Waals surface area contributed by atoms with Crippen molar-refractivity contribution in [1.29, 1.82) is 5.26 Å². The van der Waals surface area contributed by atoms with Crippen LogP contribution in [0.3, 0.4) is 0 Å². The van der Waals surface area contributed by atoms with Crippen molar-refractivity contribution in [3.63, 3.8) is 0 Å². The second-order valence-electron chi connectivity index (χ2n) is 12.3. The van der Waals surface area contributed by atoms with Gasteiger partial charge in [-0.1, -0.05) is 12.6 Å². The molecule has 2 N–H and O–H groups in total. The van der Waals surface area contributed by atoms with E-state index in [4.69, 9.17) is 9.47 Å². The van der Waals surface area contributed by atoms with Crippen LogP contribution in [0, 0.1) is 17.2 Å². The standard InChI is InChI=1S/C31H42N6O4S/c1-4-26(38)37-16-15-36(18-20(37)11-13-32)29-22-10-12-31(17-23-24(40-3)8-5-9-25(23)42-31)28(39)27(22)33-30(34-29)41-19-21-7-6-14-35(21)2/h4-5,8-9,20-22,27,29-30,33-34H,1,6-7,10-12,14-19H2,2-3H3/t20?,21?,22?,27?,29?,30?,31-/m0/s1. The molecule has 1 aliphatic carbocycles. The minimum absolute atomic E-state index is 0.0349. The average Bonchev–Trinajstić information content (AvgIpc) is 3.60. The van der Waals surface area contributed by atoms with Gasteiger partial charge in [0.2, 0.25) is 5.91 Å². The molecular formula is C31H42N6O4S. The van der Waals surface area contributed by atoms with E-state index in [1.54, 1.807) is 23.8 Å². The highest BCUT2D eigenvalue weighted by molar-refractivity contribution is 8.01. The molecule has 6 rings (SSSR count). The number of hydrogen-bond donors (Lipinski definition) is 2. The Hall–Kier alpha value is -2.46. The molecule has 6 unspecified atom stereocenters. The van der Waals surface area contributed by atoms with E-state index in [2.05, 4.69) is 46.2 Å². The number of methoxy groups -OCH3 is 1. The second kappa shape index (κ2) is 12.3. The van der Waals surface area contributed by atoms with Crippen molar-refractivity contribution in [2.75, 3.05) is 46.9 Å². The van der Waals surface area contributed by atoms with Gasteiger partial charge in [-0.25, -0.2) is 0 Å². The summed E-state index contributed by atoms with van der Waals surface area (Å²) in [5, 5.41) is 16.8. The minimum atomic E-state index is -0.526. The van der Waals surface area contributed by atoms with Gasteiger partial charge in [-0.15, -0.1) is 11.8 Å². The molecule has 4 aliphatic heterocycles. The maximum Gasteiger partial charge on any atom is 0.246 e. The Labute approximate surface area is 252 Å². The lowest BCUT2D eigenvalue weighted by molar-refractivity contribution is -0.144. The number of likely N-dealkylation sites (tertiary alicyclic amines) is 1. The topological polar surface area (TPSA) is 110 Å². The molecule has 4 fully saturated rings. The number of ketones is 1. The number of ether oxygens (including phenoxy) is 2. The van der Waals surface area contributed by atoms with Crippen LogP contribution in [0.15, 0.2) is 35.7 Å². The van der Waals surface area contributed by atoms with Crippen LogP contribution in [0.2, 0.25) is 0 Å². The van der Waals surface area contributed by atoms with Crippen LogP contribution in [0.1, 0.15) is 37.7 Å². The summed E-state index contributed by atoms with van der Waals surface area (Å²) in [5.41, 5.74) is 1.13. The van der Waals surface area contributed by atoms with Crippen molar-refractivity contribution in [3.8, 4) is 11.8 Å². The van der Waals surface area contributed by atoms with Crippen LogP contribution in [0.4, 0.5) is 0 Å². The molecule has 1 saturated carbocycles. The van der Waals surface area contributed by atoms with Gasteiger partial charge in [0.1, 0.15) is 5.75 Å². The minimum Gasteiger partial charge on any atom is -0.496 e. The number of nitrogens with one attached hydrogen (secondary N) is 2. The fourth-order valence-electron chi connectivity index (χ4n) is 7.70. The van der Waals surface area contributed by atoms with E-state index in [0.29, 0.717) is 38.7 Å². The van der Waals surface area contributed by atoms with E-state index < -0.39 is 11.1 Å². The number of carbonyl (C=O) groups is 2. The molecule has 10 nitrogen and oxygen atoms in total. The Morgan fingerprint density at radius 2 is 2.12 bits per heavy atom. The lowest BCUT2D eigenvalue weighted by Crippen LogP contribution is -2.75. The van der Waals surface area contributed by atoms with Gasteiger partial charge in [0, 0.05) is 42.1 Å². The highest BCUT2D eigenvalue weighted by atomic mass is 32.2. The zero-order valence-corrected chi connectivity index (χ0v) is 25.4. The van der Waals surface area contributed by atoms with Crippen molar-refractivity contribution in [2.24, 2.45) is 5.92 Å². The van der Waals surface area contributed by atoms with E-state index >= 15 is 0 Å². The Kier molecular flexibility index (Phi) is 8.65. The zero-order chi connectivity index (χ0) is 29.4. The number of likely N-dealkylation sites (N-methyl/N-ethyl adjacent to an activating group) is 1. The summed E-state index contributed by atoms with van der Waals surface area (Å²) >= 11 is 1.70. The normalized spacial score (nSPS) is 35.1. The Balaban J connectivity index is 1.25. The van der Waals surface area contributed by atoms with E-state index in [-0.39, 0.29) is 42.3 Å². The second-order valence-corrected chi connectivity index (χ2v) is 13.7. The highest BCUT2D eigenvalue weighted by Gasteiger charge is 2.57. The number of carbonyl (C=O) groups excluding carboxylic acids is 2. The molecule has 0 bridgehead atoms. The van der Waals surface area contributed by atoms with Crippen LogP contribution in [-0.2, 0) is 20.7 Å². The number of thioether (sulfide) groups is 1. The number of piperazine rings is 1. The predicted octanol–water partition coefficient (Wildman–Crippen LogP) is 1.96. The summed E-state index contributed by atoms with van der Waals surface area (Å²) in [5.74, 6) is 0.971. The molecule has 0 radical (unpaired) electrons. The monoisotopic (exact) mass is 594 g/mol. The molecule has 1 aromatic carbocycles. The molecule has 0 aromatic heterocycles. The van der Waals surface area contributed by atoms with Crippen molar-refractivity contribution in [1.82, 2.24) is 25.3 Å². The van der Waals surface area contributed by atoms with Crippen LogP contribution in [-0.4, -0.2) is 109 Å². The van der Waals surface area contributed by atoms with Crippen molar-refractivity contribution < 1.29 is 19.1 Å². The van der Waals surface area contributed by atoms with Crippen LogP contribution < -0.4 is 15.4 Å². The van der Waals surface area contributed by atoms with Gasteiger partial charge in [-0.3, -0.25) is 25.1 Å². The van der Waals surface area contributed by atoms with Crippen LogP contribution >= 0.6 is 11.8 Å². The molecule has 226 valence electrons. The van der Waals surface area contributed by atoms with Crippen LogP contribution in [0.25, 0.3) is 0 Å². The first-order valence-electron chi connectivity index (χ1n) is 15.1. The molecule has 7 atom stereocenters. The number of nitrogens with zero attached hydrogens (tertiary/aromatic N) is 4. The van der Waals surface area contributed by atoms with Crippen LogP contribution in [0.5, 0.6) is 5.75 Å². The van der Waals surface area contributed by atoms with Gasteiger partial charge in [0.25, 0.3) is 0 Å². The van der Waals surface area contributed by atoms with Gasteiger partial charge < -0.3 is 19.3 Å². The van der Waals surface area contributed by atoms with Gasteiger partial charge in [-0.2, -0.15) is 5.26 Å². The third-order valence-corrected chi connectivity index (χ3v) is 11.5. The lowest BCUT2D eigenvalue weighted by atomic mass is 9.72. The molecule has 42 heavy (non-hydrogen) atoms. The average molecular weight is 595 g/mol. The van der Waals surface area contributed by atoms with Crippen molar-refractivity contribution in [2.45, 2.75) is 78.8 Å². The molecule has 1 spiro atoms. The number of Topliss-reactive ketones (excluding diaryl/α,β-unsaturated/α-hetero) is 1. The largest absolute Gasteiger partial charge is 0.496 e. The lowest BCUT2D eigenvalue weighted by Gasteiger charge is -2.54. The van der Waals surface area contributed by atoms with Gasteiger partial charge in [-0.05, 0) is 63.9 Å². The summed E-state index contributed by atoms with van der Waals surface area (Å²) < 4.78 is 11.6. The maximum absolute atomic E-state index is 14.5. The molecule has 1 aromatic rings. The predicted molar refractivity (Wildman–Crippen MR) is 160 cm³/mol. The van der Waals surface area contributed by atoms with Crippen molar-refractivity contribution in [3.05, 3.63) is 36.4 Å². The van der Waals surface area contributed by atoms with E-state index in [9.17, 15) is 14.9 Å². The molecule has 3 saturated heterocycles. The van der Waals surface area contributed by atoms with E-state index in [1.165, 1.54) is 12.5 Å².